The molecule has 3 nitrogen and oxygen atoms in total. The molecule has 1 amide bonds. The highest BCUT2D eigenvalue weighted by molar-refractivity contribution is 5.88. The first-order valence-electron chi connectivity index (χ1n) is 8.49. The number of primary amides is 1. The lowest BCUT2D eigenvalue weighted by Gasteiger charge is -2.11. The molecule has 0 aliphatic heterocycles. The quantitative estimate of drug-likeness (QED) is 0.775. The van der Waals surface area contributed by atoms with Gasteiger partial charge in [0, 0.05) is 10.9 Å². The second-order valence-corrected chi connectivity index (χ2v) is 6.83. The Kier molecular flexibility index (Phi) is 3.75. The normalized spacial score (nSPS) is 14.0. The predicted octanol–water partition coefficient (Wildman–Crippen LogP) is 4.25. The van der Waals surface area contributed by atoms with Crippen LogP contribution in [0.25, 0.3) is 22.2 Å². The number of hydrogen-bond acceptors (Lipinski definition) is 2. The van der Waals surface area contributed by atoms with Gasteiger partial charge >= 0.3 is 0 Å². The van der Waals surface area contributed by atoms with Gasteiger partial charge in [-0.05, 0) is 72.7 Å². The molecule has 25 heavy (non-hydrogen) atoms. The van der Waals surface area contributed by atoms with E-state index in [1.807, 2.05) is 24.3 Å². The standard InChI is InChI=1S/C21H19FN2O/c1-12-8-15(5-7-18(12)22)19-11-17(14-3-4-14)16-6-2-13(10-21(23)25)9-20(16)24-19/h2,5-9,11,14H,3-4,10H2,1H3,(H2,23,25). The van der Waals surface area contributed by atoms with E-state index in [4.69, 9.17) is 10.7 Å². The minimum absolute atomic E-state index is 0.205. The zero-order valence-corrected chi connectivity index (χ0v) is 14.1. The number of amides is 1. The van der Waals surface area contributed by atoms with Crippen LogP contribution in [-0.2, 0) is 11.2 Å². The van der Waals surface area contributed by atoms with E-state index < -0.39 is 0 Å². The summed E-state index contributed by atoms with van der Waals surface area (Å²) in [6.07, 6.45) is 2.57. The van der Waals surface area contributed by atoms with Crippen LogP contribution in [0.15, 0.2) is 42.5 Å². The number of carbonyl (C=O) groups is 1. The highest BCUT2D eigenvalue weighted by Crippen LogP contribution is 2.44. The van der Waals surface area contributed by atoms with Crippen LogP contribution in [0.3, 0.4) is 0 Å². The Morgan fingerprint density at radius 3 is 2.68 bits per heavy atom. The van der Waals surface area contributed by atoms with Gasteiger partial charge in [-0.2, -0.15) is 0 Å². The Morgan fingerprint density at radius 1 is 1.20 bits per heavy atom. The van der Waals surface area contributed by atoms with Gasteiger partial charge in [-0.25, -0.2) is 9.37 Å². The van der Waals surface area contributed by atoms with E-state index in [0.29, 0.717) is 11.5 Å². The number of carbonyl (C=O) groups excluding carboxylic acids is 1. The van der Waals surface area contributed by atoms with Crippen LogP contribution in [0, 0.1) is 12.7 Å². The number of pyridine rings is 1. The molecule has 1 fully saturated rings. The Balaban J connectivity index is 1.89. The molecule has 4 rings (SSSR count). The summed E-state index contributed by atoms with van der Waals surface area (Å²) in [7, 11) is 0. The first-order chi connectivity index (χ1) is 12.0. The van der Waals surface area contributed by atoms with Crippen molar-refractivity contribution in [2.45, 2.75) is 32.1 Å². The number of aromatic nitrogens is 1. The lowest BCUT2D eigenvalue weighted by atomic mass is 9.98. The Hall–Kier alpha value is -2.75. The summed E-state index contributed by atoms with van der Waals surface area (Å²) in [5.41, 5.74) is 10.7. The Bertz CT molecular complexity index is 993. The van der Waals surface area contributed by atoms with Crippen molar-refractivity contribution in [3.05, 3.63) is 65.0 Å². The smallest absolute Gasteiger partial charge is 0.221 e. The van der Waals surface area contributed by atoms with Gasteiger partial charge in [-0.3, -0.25) is 4.79 Å². The van der Waals surface area contributed by atoms with Crippen LogP contribution >= 0.6 is 0 Å². The van der Waals surface area contributed by atoms with Gasteiger partial charge in [0.05, 0.1) is 17.6 Å². The van der Waals surface area contributed by atoms with Crippen molar-refractivity contribution in [3.63, 3.8) is 0 Å². The number of fused-ring (bicyclic) bond motifs is 1. The van der Waals surface area contributed by atoms with Crippen LogP contribution in [-0.4, -0.2) is 10.9 Å². The molecular weight excluding hydrogens is 315 g/mol. The number of halogens is 1. The van der Waals surface area contributed by atoms with Crippen molar-refractivity contribution in [2.24, 2.45) is 5.73 Å². The van der Waals surface area contributed by atoms with E-state index in [1.54, 1.807) is 13.0 Å². The molecule has 1 aliphatic rings. The third-order valence-corrected chi connectivity index (χ3v) is 4.76. The first-order valence-corrected chi connectivity index (χ1v) is 8.49. The van der Waals surface area contributed by atoms with Gasteiger partial charge in [-0.15, -0.1) is 0 Å². The average molecular weight is 334 g/mol. The average Bonchev–Trinajstić information content (AvgIpc) is 3.40. The van der Waals surface area contributed by atoms with E-state index in [2.05, 4.69) is 6.07 Å². The highest BCUT2D eigenvalue weighted by atomic mass is 19.1. The predicted molar refractivity (Wildman–Crippen MR) is 96.7 cm³/mol. The topological polar surface area (TPSA) is 56.0 Å². The lowest BCUT2D eigenvalue weighted by molar-refractivity contribution is -0.117. The van der Waals surface area contributed by atoms with Gasteiger partial charge < -0.3 is 5.73 Å². The van der Waals surface area contributed by atoms with Crippen LogP contribution in [0.1, 0.15) is 35.4 Å². The van der Waals surface area contributed by atoms with Crippen LogP contribution < -0.4 is 5.73 Å². The lowest BCUT2D eigenvalue weighted by Crippen LogP contribution is -2.13. The Labute approximate surface area is 145 Å². The molecule has 0 atom stereocenters. The fourth-order valence-corrected chi connectivity index (χ4v) is 3.30. The maximum Gasteiger partial charge on any atom is 0.221 e. The summed E-state index contributed by atoms with van der Waals surface area (Å²) >= 11 is 0. The van der Waals surface area contributed by atoms with Crippen molar-refractivity contribution in [1.29, 1.82) is 0 Å². The molecule has 126 valence electrons. The number of nitrogens with zero attached hydrogens (tertiary/aromatic N) is 1. The number of nitrogens with two attached hydrogens (primary N) is 1. The molecule has 4 heteroatoms. The summed E-state index contributed by atoms with van der Waals surface area (Å²) < 4.78 is 13.6. The monoisotopic (exact) mass is 334 g/mol. The molecule has 1 saturated carbocycles. The maximum absolute atomic E-state index is 13.6. The second-order valence-electron chi connectivity index (χ2n) is 6.83. The van der Waals surface area contributed by atoms with E-state index in [9.17, 15) is 9.18 Å². The largest absolute Gasteiger partial charge is 0.369 e. The van der Waals surface area contributed by atoms with Crippen molar-refractivity contribution >= 4 is 16.8 Å². The molecular formula is C21H19FN2O. The Morgan fingerprint density at radius 2 is 2.00 bits per heavy atom. The van der Waals surface area contributed by atoms with Gasteiger partial charge in [0.1, 0.15) is 5.82 Å². The van der Waals surface area contributed by atoms with E-state index in [1.165, 1.54) is 24.5 Å². The summed E-state index contributed by atoms with van der Waals surface area (Å²) in [4.78, 5) is 16.0. The molecule has 1 aliphatic carbocycles. The molecule has 0 bridgehead atoms. The van der Waals surface area contributed by atoms with Gasteiger partial charge in [-0.1, -0.05) is 12.1 Å². The molecule has 3 aromatic rings. The maximum atomic E-state index is 13.6. The summed E-state index contributed by atoms with van der Waals surface area (Å²) in [5, 5.41) is 1.12. The van der Waals surface area contributed by atoms with Crippen molar-refractivity contribution in [1.82, 2.24) is 4.98 Å². The first kappa shape index (κ1) is 15.8. The van der Waals surface area contributed by atoms with Gasteiger partial charge in [0.25, 0.3) is 0 Å². The van der Waals surface area contributed by atoms with Crippen LogP contribution in [0.5, 0.6) is 0 Å². The zero-order chi connectivity index (χ0) is 17.6. The fourth-order valence-electron chi connectivity index (χ4n) is 3.30. The van der Waals surface area contributed by atoms with Crippen LogP contribution in [0.2, 0.25) is 0 Å². The molecule has 1 heterocycles. The van der Waals surface area contributed by atoms with E-state index >= 15 is 0 Å². The van der Waals surface area contributed by atoms with E-state index in [0.717, 1.165) is 27.7 Å². The number of aryl methyl sites for hydroxylation is 1. The molecule has 2 aromatic carbocycles. The summed E-state index contributed by atoms with van der Waals surface area (Å²) in [5.74, 6) is -0.00411. The molecule has 1 aromatic heterocycles. The summed E-state index contributed by atoms with van der Waals surface area (Å²) in [6.45, 7) is 1.76. The minimum Gasteiger partial charge on any atom is -0.369 e. The molecule has 0 spiro atoms. The number of hydrogen-bond donors (Lipinski definition) is 1. The van der Waals surface area contributed by atoms with Crippen molar-refractivity contribution < 1.29 is 9.18 Å². The third kappa shape index (κ3) is 3.12. The minimum atomic E-state index is -0.355. The SMILES string of the molecule is Cc1cc(-c2cc(C3CC3)c3ccc(CC(N)=O)cc3n2)ccc1F. The highest BCUT2D eigenvalue weighted by Gasteiger charge is 2.26. The van der Waals surface area contributed by atoms with E-state index in [-0.39, 0.29) is 18.1 Å². The molecule has 0 saturated heterocycles. The van der Waals surface area contributed by atoms with Crippen LogP contribution in [0.4, 0.5) is 4.39 Å². The molecule has 2 N–H and O–H groups in total. The van der Waals surface area contributed by atoms with Crippen molar-refractivity contribution in [2.75, 3.05) is 0 Å². The second kappa shape index (κ2) is 5.96. The summed E-state index contributed by atoms with van der Waals surface area (Å²) in [6, 6.07) is 13.1. The zero-order valence-electron chi connectivity index (χ0n) is 14.1. The third-order valence-electron chi connectivity index (χ3n) is 4.76. The fraction of sp³-hybridized carbons (Fsp3) is 0.238. The number of rotatable bonds is 4. The van der Waals surface area contributed by atoms with Crippen molar-refractivity contribution in [3.8, 4) is 11.3 Å². The molecule has 0 unspecified atom stereocenters. The molecule has 0 radical (unpaired) electrons. The van der Waals surface area contributed by atoms with Gasteiger partial charge in [0.15, 0.2) is 0 Å². The number of benzene rings is 2. The van der Waals surface area contributed by atoms with Gasteiger partial charge in [0.2, 0.25) is 5.91 Å².